The summed E-state index contributed by atoms with van der Waals surface area (Å²) in [6.07, 6.45) is 16.2. The van der Waals surface area contributed by atoms with E-state index in [9.17, 15) is 14.7 Å². The molecule has 0 heterocycles. The fraction of sp³-hybridized carbons (Fsp3) is 0.913. The van der Waals surface area contributed by atoms with E-state index in [2.05, 4.69) is 6.92 Å². The van der Waals surface area contributed by atoms with Gasteiger partial charge in [-0.2, -0.15) is 0 Å². The van der Waals surface area contributed by atoms with Crippen LogP contribution in [0.3, 0.4) is 0 Å². The van der Waals surface area contributed by atoms with Gasteiger partial charge in [-0.05, 0) is 6.42 Å². The lowest BCUT2D eigenvalue weighted by molar-refractivity contribution is -0.873. The molecule has 0 aliphatic heterocycles. The third-order valence-corrected chi connectivity index (χ3v) is 4.65. The Bertz CT molecular complexity index is 393. The number of rotatable bonds is 18. The van der Waals surface area contributed by atoms with Gasteiger partial charge in [0.05, 0.1) is 21.1 Å². The molecule has 2 N–H and O–H groups in total. The molecule has 0 spiro atoms. The van der Waals surface area contributed by atoms with E-state index < -0.39 is 18.0 Å². The number of aliphatic hydroxyl groups is 1. The smallest absolute Gasteiger partial charge is 0.303 e. The molecule has 0 saturated carbocycles. The number of hydrogen-bond acceptors (Lipinski definition) is 4. The van der Waals surface area contributed by atoms with Crippen molar-refractivity contribution in [2.24, 2.45) is 0 Å². The number of unbranched alkanes of at least 4 members (excludes halogenated alkanes) is 12. The largest absolute Gasteiger partial charge is 0.550 e. The highest BCUT2D eigenvalue weighted by molar-refractivity contribution is 5.66. The second kappa shape index (κ2) is 20.1. The highest BCUT2D eigenvalue weighted by Crippen LogP contribution is 2.12. The van der Waals surface area contributed by atoms with Crippen molar-refractivity contribution >= 4 is 11.9 Å². The highest BCUT2D eigenvalue weighted by Gasteiger charge is 2.14. The number of carbonyl (C=O) groups is 2. The molecule has 0 unspecified atom stereocenters. The van der Waals surface area contributed by atoms with Gasteiger partial charge in [0, 0.05) is 18.8 Å². The summed E-state index contributed by atoms with van der Waals surface area (Å²) in [7, 11) is 5.66. The van der Waals surface area contributed by atoms with Crippen molar-refractivity contribution in [2.75, 3.05) is 27.7 Å². The van der Waals surface area contributed by atoms with Crippen molar-refractivity contribution in [3.8, 4) is 0 Å². The van der Waals surface area contributed by atoms with Gasteiger partial charge in [0.15, 0.2) is 0 Å². The first-order chi connectivity index (χ1) is 13.6. The van der Waals surface area contributed by atoms with Crippen LogP contribution < -0.4 is 5.11 Å². The van der Waals surface area contributed by atoms with Crippen molar-refractivity contribution in [1.82, 2.24) is 0 Å². The molecule has 0 rings (SSSR count). The van der Waals surface area contributed by atoms with Crippen molar-refractivity contribution in [2.45, 2.75) is 109 Å². The van der Waals surface area contributed by atoms with Gasteiger partial charge in [0.1, 0.15) is 12.6 Å². The second-order valence-corrected chi connectivity index (χ2v) is 9.09. The minimum atomic E-state index is -1.20. The number of carbonyl (C=O) groups excluding carboxylic acids is 1. The molecule has 0 aromatic heterocycles. The number of aliphatic carboxylic acids is 2. The van der Waals surface area contributed by atoms with E-state index in [0.29, 0.717) is 17.4 Å². The fourth-order valence-corrected chi connectivity index (χ4v) is 3.18. The minimum absolute atomic E-state index is 0.282. The zero-order valence-corrected chi connectivity index (χ0v) is 19.5. The van der Waals surface area contributed by atoms with Gasteiger partial charge in [-0.3, -0.25) is 4.79 Å². The summed E-state index contributed by atoms with van der Waals surface area (Å²) in [5.74, 6) is -1.86. The molecule has 0 saturated heterocycles. The first kappa shape index (κ1) is 30.1. The lowest BCUT2D eigenvalue weighted by Gasteiger charge is -2.26. The van der Waals surface area contributed by atoms with Crippen LogP contribution in [0.15, 0.2) is 0 Å². The Hall–Kier alpha value is -1.14. The number of quaternary nitrogens is 1. The van der Waals surface area contributed by atoms with Gasteiger partial charge in [-0.25, -0.2) is 0 Å². The summed E-state index contributed by atoms with van der Waals surface area (Å²) in [5.41, 5.74) is 0. The van der Waals surface area contributed by atoms with Gasteiger partial charge in [0.25, 0.3) is 0 Å². The van der Waals surface area contributed by atoms with Crippen molar-refractivity contribution in [3.05, 3.63) is 0 Å². The molecule has 6 nitrogen and oxygen atoms in total. The molecule has 0 bridgehead atoms. The lowest BCUT2D eigenvalue weighted by Crippen LogP contribution is -2.43. The molecule has 0 aliphatic carbocycles. The summed E-state index contributed by atoms with van der Waals surface area (Å²) in [5, 5.41) is 27.6. The standard InChI is InChI=1S/C16H32O2.C7H15NO3/c1-2-3-4-5-6-7-8-9-10-11-12-13-14-15-16(17)18;1-8(2,3)5-6(9)4-7(10)11/h2-15H2,1H3,(H,17,18);6,9H,4-5H2,1-3H3/t;6-/m.1/s1. The molecule has 174 valence electrons. The van der Waals surface area contributed by atoms with E-state index in [1.165, 1.54) is 70.6 Å². The molecule has 0 fully saturated rings. The lowest BCUT2D eigenvalue weighted by atomic mass is 10.0. The molecule has 29 heavy (non-hydrogen) atoms. The predicted molar refractivity (Wildman–Crippen MR) is 116 cm³/mol. The Morgan fingerprint density at radius 2 is 1.17 bits per heavy atom. The van der Waals surface area contributed by atoms with E-state index in [-0.39, 0.29) is 6.42 Å². The van der Waals surface area contributed by atoms with Gasteiger partial charge in [-0.1, -0.05) is 84.0 Å². The molecule has 0 aliphatic rings. The van der Waals surface area contributed by atoms with E-state index in [4.69, 9.17) is 10.2 Å². The number of carboxylic acids is 2. The summed E-state index contributed by atoms with van der Waals surface area (Å²) in [4.78, 5) is 20.3. The summed E-state index contributed by atoms with van der Waals surface area (Å²) >= 11 is 0. The number of aliphatic hydroxyl groups excluding tert-OH is 1. The van der Waals surface area contributed by atoms with Crippen LogP contribution in [-0.4, -0.2) is 60.4 Å². The molecule has 0 amide bonds. The number of carboxylic acid groups (broad SMARTS) is 2. The van der Waals surface area contributed by atoms with Gasteiger partial charge in [0.2, 0.25) is 0 Å². The molecule has 0 radical (unpaired) electrons. The molecule has 0 aromatic carbocycles. The first-order valence-corrected chi connectivity index (χ1v) is 11.5. The van der Waals surface area contributed by atoms with Gasteiger partial charge < -0.3 is 24.6 Å². The Balaban J connectivity index is 0. The van der Waals surface area contributed by atoms with Crippen LogP contribution in [0.25, 0.3) is 0 Å². The maximum atomic E-state index is 10.3. The summed E-state index contributed by atoms with van der Waals surface area (Å²) < 4.78 is 0.550. The van der Waals surface area contributed by atoms with Crippen molar-refractivity contribution in [3.63, 3.8) is 0 Å². The van der Waals surface area contributed by atoms with E-state index in [1.807, 2.05) is 21.1 Å². The first-order valence-electron chi connectivity index (χ1n) is 11.5. The van der Waals surface area contributed by atoms with Gasteiger partial charge in [-0.15, -0.1) is 0 Å². The average Bonchev–Trinajstić information content (AvgIpc) is 2.57. The monoisotopic (exact) mass is 417 g/mol. The SMILES string of the molecule is CCCCCCCCCCCCCCCC(=O)O.C[N+](C)(C)C[C@H](O)CC(=O)[O-]. The van der Waals surface area contributed by atoms with Crippen LogP contribution >= 0.6 is 0 Å². The summed E-state index contributed by atoms with van der Waals surface area (Å²) in [6, 6.07) is 0. The maximum absolute atomic E-state index is 10.3. The Kier molecular flexibility index (Phi) is 20.9. The van der Waals surface area contributed by atoms with Crippen LogP contribution in [0.2, 0.25) is 0 Å². The fourth-order valence-electron chi connectivity index (χ4n) is 3.18. The second-order valence-electron chi connectivity index (χ2n) is 9.09. The molecule has 0 aromatic rings. The normalized spacial score (nSPS) is 12.2. The van der Waals surface area contributed by atoms with E-state index in [1.54, 1.807) is 0 Å². The molecule has 6 heteroatoms. The average molecular weight is 418 g/mol. The Morgan fingerprint density at radius 3 is 1.48 bits per heavy atom. The quantitative estimate of drug-likeness (QED) is 0.261. The topological polar surface area (TPSA) is 97.7 Å². The minimum Gasteiger partial charge on any atom is -0.550 e. The molecule has 1 atom stereocenters. The van der Waals surface area contributed by atoms with E-state index in [0.717, 1.165) is 12.8 Å². The number of likely N-dealkylation sites (N-methyl/N-ethyl adjacent to an activating group) is 1. The van der Waals surface area contributed by atoms with Crippen molar-refractivity contribution < 1.29 is 29.4 Å². The third-order valence-electron chi connectivity index (χ3n) is 4.65. The predicted octanol–water partition coefficient (Wildman–Crippen LogP) is 3.75. The van der Waals surface area contributed by atoms with Gasteiger partial charge >= 0.3 is 5.97 Å². The highest BCUT2D eigenvalue weighted by atomic mass is 16.4. The maximum Gasteiger partial charge on any atom is 0.303 e. The van der Waals surface area contributed by atoms with Crippen LogP contribution in [0.4, 0.5) is 0 Å². The zero-order chi connectivity index (χ0) is 22.5. The van der Waals surface area contributed by atoms with Crippen LogP contribution in [0, 0.1) is 0 Å². The van der Waals surface area contributed by atoms with Crippen LogP contribution in [-0.2, 0) is 9.59 Å². The van der Waals surface area contributed by atoms with Crippen LogP contribution in [0.1, 0.15) is 103 Å². The Labute approximate surface area is 178 Å². The molecular weight excluding hydrogens is 370 g/mol. The number of nitrogens with zero attached hydrogens (tertiary/aromatic N) is 1. The van der Waals surface area contributed by atoms with E-state index >= 15 is 0 Å². The molecular formula is C23H47NO5. The van der Waals surface area contributed by atoms with Crippen molar-refractivity contribution in [1.29, 1.82) is 0 Å². The zero-order valence-electron chi connectivity index (χ0n) is 19.5. The third kappa shape index (κ3) is 31.8. The number of hydrogen-bond donors (Lipinski definition) is 2. The van der Waals surface area contributed by atoms with Crippen LogP contribution in [0.5, 0.6) is 0 Å². The Morgan fingerprint density at radius 1 is 0.793 bits per heavy atom. The summed E-state index contributed by atoms with van der Waals surface area (Å²) in [6.45, 7) is 2.68.